The zero-order valence-corrected chi connectivity index (χ0v) is 20.7. The SMILES string of the molecule is Cc1cccc(-c2ccnc3c2c(C)nn3CC(=O)Nc2cnn(Cc3ccc(Cl)c(Cl)c3)c2)c1. The number of amides is 1. The molecule has 3 heterocycles. The molecule has 1 N–H and O–H groups in total. The Labute approximate surface area is 212 Å². The van der Waals surface area contributed by atoms with Crippen LogP contribution in [0.2, 0.25) is 10.0 Å². The Bertz CT molecular complexity index is 1560. The Hall–Kier alpha value is -3.68. The van der Waals surface area contributed by atoms with Crippen molar-refractivity contribution in [1.29, 1.82) is 0 Å². The fourth-order valence-electron chi connectivity index (χ4n) is 4.12. The standard InChI is InChI=1S/C26H22Cl2N6O/c1-16-4-3-5-19(10-16)21-8-9-29-26-25(21)17(2)32-34(26)15-24(35)31-20-12-30-33(14-20)13-18-6-7-22(27)23(28)11-18/h3-12,14H,13,15H2,1-2H3,(H,31,35). The summed E-state index contributed by atoms with van der Waals surface area (Å²) in [5.41, 5.74) is 6.37. The lowest BCUT2D eigenvalue weighted by atomic mass is 10.0. The van der Waals surface area contributed by atoms with E-state index in [9.17, 15) is 4.79 Å². The lowest BCUT2D eigenvalue weighted by Crippen LogP contribution is -2.19. The van der Waals surface area contributed by atoms with Crippen molar-refractivity contribution in [2.24, 2.45) is 0 Å². The van der Waals surface area contributed by atoms with Crippen molar-refractivity contribution >= 4 is 45.8 Å². The number of nitrogens with one attached hydrogen (secondary N) is 1. The van der Waals surface area contributed by atoms with Crippen LogP contribution in [0.3, 0.4) is 0 Å². The number of rotatable bonds is 6. The summed E-state index contributed by atoms with van der Waals surface area (Å²) in [5.74, 6) is -0.216. The molecule has 1 amide bonds. The third kappa shape index (κ3) is 4.92. The van der Waals surface area contributed by atoms with Gasteiger partial charge in [-0.25, -0.2) is 9.67 Å². The molecule has 0 fully saturated rings. The third-order valence-electron chi connectivity index (χ3n) is 5.68. The molecular weight excluding hydrogens is 483 g/mol. The molecule has 0 saturated heterocycles. The summed E-state index contributed by atoms with van der Waals surface area (Å²) in [5, 5.41) is 13.8. The van der Waals surface area contributed by atoms with Crippen molar-refractivity contribution in [2.45, 2.75) is 26.9 Å². The predicted molar refractivity (Wildman–Crippen MR) is 139 cm³/mol. The second-order valence-electron chi connectivity index (χ2n) is 8.39. The van der Waals surface area contributed by atoms with Crippen LogP contribution < -0.4 is 5.32 Å². The van der Waals surface area contributed by atoms with Crippen LogP contribution in [0.4, 0.5) is 5.69 Å². The Kier molecular flexibility index (Phi) is 6.28. The lowest BCUT2D eigenvalue weighted by molar-refractivity contribution is -0.116. The smallest absolute Gasteiger partial charge is 0.246 e. The number of carbonyl (C=O) groups is 1. The van der Waals surface area contributed by atoms with Gasteiger partial charge in [-0.3, -0.25) is 9.48 Å². The molecule has 0 saturated carbocycles. The summed E-state index contributed by atoms with van der Waals surface area (Å²) < 4.78 is 3.36. The van der Waals surface area contributed by atoms with E-state index in [1.165, 1.54) is 5.56 Å². The quantitative estimate of drug-likeness (QED) is 0.312. The fraction of sp³-hybridized carbons (Fsp3) is 0.154. The Morgan fingerprint density at radius 1 is 1.06 bits per heavy atom. The maximum absolute atomic E-state index is 12.8. The van der Waals surface area contributed by atoms with Crippen molar-refractivity contribution in [3.05, 3.63) is 94.0 Å². The number of hydrogen-bond donors (Lipinski definition) is 1. The number of benzene rings is 2. The average molecular weight is 505 g/mol. The minimum Gasteiger partial charge on any atom is -0.322 e. The van der Waals surface area contributed by atoms with Crippen molar-refractivity contribution in [1.82, 2.24) is 24.5 Å². The zero-order chi connectivity index (χ0) is 24.5. The molecule has 0 aliphatic heterocycles. The van der Waals surface area contributed by atoms with Crippen LogP contribution in [0.25, 0.3) is 22.2 Å². The highest BCUT2D eigenvalue weighted by Gasteiger charge is 2.16. The number of anilines is 1. The summed E-state index contributed by atoms with van der Waals surface area (Å²) in [6, 6.07) is 15.7. The van der Waals surface area contributed by atoms with E-state index in [0.29, 0.717) is 27.9 Å². The van der Waals surface area contributed by atoms with Gasteiger partial charge < -0.3 is 5.32 Å². The molecule has 0 aliphatic rings. The minimum atomic E-state index is -0.216. The van der Waals surface area contributed by atoms with E-state index in [1.807, 2.05) is 25.1 Å². The highest BCUT2D eigenvalue weighted by Crippen LogP contribution is 2.30. The van der Waals surface area contributed by atoms with Gasteiger partial charge in [0.15, 0.2) is 5.65 Å². The van der Waals surface area contributed by atoms with Gasteiger partial charge in [-0.05, 0) is 48.7 Å². The summed E-state index contributed by atoms with van der Waals surface area (Å²) in [6.07, 6.45) is 5.12. The molecule has 5 aromatic rings. The van der Waals surface area contributed by atoms with E-state index in [0.717, 1.165) is 27.8 Å². The van der Waals surface area contributed by atoms with Gasteiger partial charge in [0.2, 0.25) is 5.91 Å². The van der Waals surface area contributed by atoms with Crippen molar-refractivity contribution < 1.29 is 4.79 Å². The number of aryl methyl sites for hydroxylation is 2. The molecule has 0 spiro atoms. The van der Waals surface area contributed by atoms with Gasteiger partial charge in [0, 0.05) is 17.8 Å². The first kappa shape index (κ1) is 23.1. The Morgan fingerprint density at radius 3 is 2.71 bits per heavy atom. The minimum absolute atomic E-state index is 0.0343. The van der Waals surface area contributed by atoms with E-state index < -0.39 is 0 Å². The topological polar surface area (TPSA) is 77.6 Å². The molecule has 0 unspecified atom stereocenters. The van der Waals surface area contributed by atoms with Crippen LogP contribution in [-0.4, -0.2) is 30.5 Å². The van der Waals surface area contributed by atoms with Crippen LogP contribution in [-0.2, 0) is 17.9 Å². The Balaban J connectivity index is 1.32. The van der Waals surface area contributed by atoms with Gasteiger partial charge in [-0.15, -0.1) is 0 Å². The normalized spacial score (nSPS) is 11.2. The van der Waals surface area contributed by atoms with E-state index in [-0.39, 0.29) is 12.5 Å². The summed E-state index contributed by atoms with van der Waals surface area (Å²) in [6.45, 7) is 4.54. The maximum atomic E-state index is 12.8. The third-order valence-corrected chi connectivity index (χ3v) is 6.42. The van der Waals surface area contributed by atoms with Crippen LogP contribution in [0.5, 0.6) is 0 Å². The van der Waals surface area contributed by atoms with E-state index in [4.69, 9.17) is 23.2 Å². The van der Waals surface area contributed by atoms with E-state index >= 15 is 0 Å². The van der Waals surface area contributed by atoms with Crippen LogP contribution in [0.1, 0.15) is 16.8 Å². The highest BCUT2D eigenvalue weighted by molar-refractivity contribution is 6.42. The largest absolute Gasteiger partial charge is 0.322 e. The first-order chi connectivity index (χ1) is 16.9. The number of nitrogens with zero attached hydrogens (tertiary/aromatic N) is 5. The first-order valence-electron chi connectivity index (χ1n) is 11.0. The van der Waals surface area contributed by atoms with Crippen LogP contribution >= 0.6 is 23.2 Å². The molecule has 0 aliphatic carbocycles. The highest BCUT2D eigenvalue weighted by atomic mass is 35.5. The van der Waals surface area contributed by atoms with E-state index in [2.05, 4.69) is 45.6 Å². The number of hydrogen-bond acceptors (Lipinski definition) is 4. The van der Waals surface area contributed by atoms with Crippen LogP contribution in [0.15, 0.2) is 67.1 Å². The zero-order valence-electron chi connectivity index (χ0n) is 19.2. The molecule has 3 aromatic heterocycles. The summed E-state index contributed by atoms with van der Waals surface area (Å²) in [7, 11) is 0. The number of halogens is 2. The Morgan fingerprint density at radius 2 is 1.91 bits per heavy atom. The second kappa shape index (κ2) is 9.52. The fourth-order valence-corrected chi connectivity index (χ4v) is 4.44. The molecule has 2 aromatic carbocycles. The van der Waals surface area contributed by atoms with Crippen LogP contribution in [0, 0.1) is 13.8 Å². The number of fused-ring (bicyclic) bond motifs is 1. The molecule has 0 radical (unpaired) electrons. The molecule has 176 valence electrons. The van der Waals surface area contributed by atoms with Crippen molar-refractivity contribution in [2.75, 3.05) is 5.32 Å². The number of aromatic nitrogens is 5. The molecule has 0 bridgehead atoms. The predicted octanol–water partition coefficient (Wildman–Crippen LogP) is 5.91. The van der Waals surface area contributed by atoms with Gasteiger partial charge in [-0.1, -0.05) is 59.1 Å². The van der Waals surface area contributed by atoms with Gasteiger partial charge in [0.1, 0.15) is 6.54 Å². The van der Waals surface area contributed by atoms with Gasteiger partial charge in [-0.2, -0.15) is 10.2 Å². The molecule has 35 heavy (non-hydrogen) atoms. The number of carbonyl (C=O) groups excluding carboxylic acids is 1. The maximum Gasteiger partial charge on any atom is 0.246 e. The van der Waals surface area contributed by atoms with Gasteiger partial charge >= 0.3 is 0 Å². The molecule has 7 nitrogen and oxygen atoms in total. The monoisotopic (exact) mass is 504 g/mol. The summed E-state index contributed by atoms with van der Waals surface area (Å²) in [4.78, 5) is 17.3. The molecule has 9 heteroatoms. The van der Waals surface area contributed by atoms with E-state index in [1.54, 1.807) is 40.1 Å². The molecular formula is C26H22Cl2N6O. The average Bonchev–Trinajstić information content (AvgIpc) is 3.39. The lowest BCUT2D eigenvalue weighted by Gasteiger charge is -2.06. The first-order valence-corrected chi connectivity index (χ1v) is 11.8. The summed E-state index contributed by atoms with van der Waals surface area (Å²) >= 11 is 12.1. The van der Waals surface area contributed by atoms with Crippen molar-refractivity contribution in [3.8, 4) is 11.1 Å². The van der Waals surface area contributed by atoms with Gasteiger partial charge in [0.25, 0.3) is 0 Å². The van der Waals surface area contributed by atoms with Crippen molar-refractivity contribution in [3.63, 3.8) is 0 Å². The van der Waals surface area contributed by atoms with Gasteiger partial charge in [0.05, 0.1) is 34.2 Å². The second-order valence-corrected chi connectivity index (χ2v) is 9.21. The molecule has 5 rings (SSSR count). The number of pyridine rings is 1. The molecule has 0 atom stereocenters.